The summed E-state index contributed by atoms with van der Waals surface area (Å²) in [5.74, 6) is 0.0385. The van der Waals surface area contributed by atoms with Gasteiger partial charge in [-0.1, -0.05) is 12.1 Å². The van der Waals surface area contributed by atoms with Gasteiger partial charge in [-0.3, -0.25) is 4.79 Å². The molecule has 4 N–H and O–H groups in total. The zero-order valence-corrected chi connectivity index (χ0v) is 8.57. The second-order valence-corrected chi connectivity index (χ2v) is 3.75. The van der Waals surface area contributed by atoms with E-state index in [0.717, 1.165) is 12.0 Å². The Morgan fingerprint density at radius 3 is 2.87 bits per heavy atom. The van der Waals surface area contributed by atoms with Crippen LogP contribution in [0, 0.1) is 0 Å². The van der Waals surface area contributed by atoms with Crippen LogP contribution in [-0.2, 0) is 6.54 Å². The van der Waals surface area contributed by atoms with Crippen molar-refractivity contribution in [2.24, 2.45) is 5.73 Å². The van der Waals surface area contributed by atoms with Crippen molar-refractivity contribution >= 4 is 11.6 Å². The van der Waals surface area contributed by atoms with Crippen molar-refractivity contribution in [1.29, 1.82) is 0 Å². The predicted octanol–water partition coefficient (Wildman–Crippen LogP) is 0.573. The third kappa shape index (κ3) is 1.68. The van der Waals surface area contributed by atoms with E-state index in [9.17, 15) is 4.79 Å². The molecule has 0 aromatic heterocycles. The second-order valence-electron chi connectivity index (χ2n) is 3.75. The number of anilines is 1. The highest BCUT2D eigenvalue weighted by Gasteiger charge is 2.28. The summed E-state index contributed by atoms with van der Waals surface area (Å²) in [4.78, 5) is 13.7. The van der Waals surface area contributed by atoms with Crippen LogP contribution in [-0.4, -0.2) is 23.9 Å². The van der Waals surface area contributed by atoms with Gasteiger partial charge >= 0.3 is 0 Å². The summed E-state index contributed by atoms with van der Waals surface area (Å²) in [6.45, 7) is 1.98. The number of carbonyl (C=O) groups excluding carboxylic acids is 1. The summed E-state index contributed by atoms with van der Waals surface area (Å²) in [6.07, 6.45) is 0.833. The molecular formula is C11H15N3O. The molecule has 0 radical (unpaired) electrons. The van der Waals surface area contributed by atoms with Gasteiger partial charge in [-0.15, -0.1) is 0 Å². The van der Waals surface area contributed by atoms with Crippen molar-refractivity contribution in [2.45, 2.75) is 13.0 Å². The molecule has 0 bridgehead atoms. The zero-order chi connectivity index (χ0) is 10.8. The molecule has 2 rings (SSSR count). The third-order valence-corrected chi connectivity index (χ3v) is 2.68. The van der Waals surface area contributed by atoms with Gasteiger partial charge in [0, 0.05) is 18.8 Å². The first-order chi connectivity index (χ1) is 7.24. The fourth-order valence-electron chi connectivity index (χ4n) is 1.91. The molecule has 15 heavy (non-hydrogen) atoms. The Morgan fingerprint density at radius 2 is 2.20 bits per heavy atom. The Labute approximate surface area is 88.9 Å². The Hall–Kier alpha value is -1.55. The van der Waals surface area contributed by atoms with E-state index in [2.05, 4.69) is 0 Å². The van der Waals surface area contributed by atoms with Gasteiger partial charge in [0.2, 0.25) is 0 Å². The average Bonchev–Trinajstić information content (AvgIpc) is 2.54. The number of carbonyl (C=O) groups is 1. The number of hydrogen-bond acceptors (Lipinski definition) is 3. The van der Waals surface area contributed by atoms with Crippen molar-refractivity contribution in [3.63, 3.8) is 0 Å². The van der Waals surface area contributed by atoms with Gasteiger partial charge in [0.1, 0.15) is 0 Å². The fourth-order valence-corrected chi connectivity index (χ4v) is 1.91. The molecular weight excluding hydrogens is 190 g/mol. The number of hydrogen-bond donors (Lipinski definition) is 2. The van der Waals surface area contributed by atoms with E-state index in [1.165, 1.54) is 0 Å². The summed E-state index contributed by atoms with van der Waals surface area (Å²) in [5, 5.41) is 0. The minimum atomic E-state index is 0.0385. The van der Waals surface area contributed by atoms with Crippen LogP contribution >= 0.6 is 0 Å². The molecule has 0 atom stereocenters. The van der Waals surface area contributed by atoms with Crippen molar-refractivity contribution < 1.29 is 4.79 Å². The number of nitrogen functional groups attached to an aromatic ring is 1. The molecule has 0 spiro atoms. The predicted molar refractivity (Wildman–Crippen MR) is 59.3 cm³/mol. The first-order valence-electron chi connectivity index (χ1n) is 5.10. The number of benzene rings is 1. The molecule has 1 heterocycles. The molecule has 80 valence electrons. The van der Waals surface area contributed by atoms with E-state index >= 15 is 0 Å². The lowest BCUT2D eigenvalue weighted by atomic mass is 10.1. The Bertz CT molecular complexity index is 389. The first-order valence-corrected chi connectivity index (χ1v) is 5.10. The molecule has 1 amide bonds. The number of nitrogens with two attached hydrogens (primary N) is 2. The van der Waals surface area contributed by atoms with E-state index in [4.69, 9.17) is 11.5 Å². The Kier molecular flexibility index (Phi) is 2.60. The van der Waals surface area contributed by atoms with Crippen LogP contribution in [0.25, 0.3) is 0 Å². The number of fused-ring (bicyclic) bond motifs is 1. The highest BCUT2D eigenvalue weighted by molar-refractivity contribution is 6.02. The fraction of sp³-hybridized carbons (Fsp3) is 0.364. The SMILES string of the molecule is NCCCN1Cc2cccc(N)c2C1=O. The molecule has 1 aromatic rings. The quantitative estimate of drug-likeness (QED) is 0.709. The zero-order valence-electron chi connectivity index (χ0n) is 8.57. The lowest BCUT2D eigenvalue weighted by molar-refractivity contribution is 0.0778. The summed E-state index contributed by atoms with van der Waals surface area (Å²) < 4.78 is 0. The van der Waals surface area contributed by atoms with E-state index in [1.807, 2.05) is 12.1 Å². The molecule has 1 aromatic carbocycles. The summed E-state index contributed by atoms with van der Waals surface area (Å²) in [5.41, 5.74) is 13.5. The lowest BCUT2D eigenvalue weighted by Crippen LogP contribution is -2.26. The highest BCUT2D eigenvalue weighted by atomic mass is 16.2. The van der Waals surface area contributed by atoms with E-state index < -0.39 is 0 Å². The summed E-state index contributed by atoms with van der Waals surface area (Å²) >= 11 is 0. The normalized spacial score (nSPS) is 14.5. The van der Waals surface area contributed by atoms with Crippen LogP contribution in [0.15, 0.2) is 18.2 Å². The molecule has 1 aliphatic rings. The molecule has 0 saturated carbocycles. The van der Waals surface area contributed by atoms with Gasteiger partial charge in [-0.05, 0) is 24.6 Å². The maximum Gasteiger partial charge on any atom is 0.256 e. The Morgan fingerprint density at radius 1 is 1.40 bits per heavy atom. The third-order valence-electron chi connectivity index (χ3n) is 2.68. The maximum atomic E-state index is 11.9. The largest absolute Gasteiger partial charge is 0.398 e. The second kappa shape index (κ2) is 3.90. The van der Waals surface area contributed by atoms with Gasteiger partial charge in [0.15, 0.2) is 0 Å². The van der Waals surface area contributed by atoms with Crippen LogP contribution in [0.1, 0.15) is 22.3 Å². The number of nitrogens with zero attached hydrogens (tertiary/aromatic N) is 1. The lowest BCUT2D eigenvalue weighted by Gasteiger charge is -2.14. The van der Waals surface area contributed by atoms with Crippen molar-refractivity contribution in [3.05, 3.63) is 29.3 Å². The van der Waals surface area contributed by atoms with Gasteiger partial charge in [-0.25, -0.2) is 0 Å². The minimum Gasteiger partial charge on any atom is -0.398 e. The minimum absolute atomic E-state index is 0.0385. The molecule has 4 nitrogen and oxygen atoms in total. The maximum absolute atomic E-state index is 11.9. The first kappa shape index (κ1) is 9.98. The van der Waals surface area contributed by atoms with E-state index in [1.54, 1.807) is 11.0 Å². The molecule has 0 fully saturated rings. The average molecular weight is 205 g/mol. The smallest absolute Gasteiger partial charge is 0.256 e. The van der Waals surface area contributed by atoms with Crippen LogP contribution in [0.4, 0.5) is 5.69 Å². The molecule has 0 aliphatic carbocycles. The van der Waals surface area contributed by atoms with Crippen molar-refractivity contribution in [2.75, 3.05) is 18.8 Å². The van der Waals surface area contributed by atoms with Crippen LogP contribution < -0.4 is 11.5 Å². The van der Waals surface area contributed by atoms with Crippen LogP contribution in [0.2, 0.25) is 0 Å². The molecule has 0 unspecified atom stereocenters. The molecule has 0 saturated heterocycles. The van der Waals surface area contributed by atoms with Crippen molar-refractivity contribution in [1.82, 2.24) is 4.90 Å². The topological polar surface area (TPSA) is 72.3 Å². The Balaban J connectivity index is 2.22. The summed E-state index contributed by atoms with van der Waals surface area (Å²) in [6, 6.07) is 5.60. The van der Waals surface area contributed by atoms with Crippen LogP contribution in [0.5, 0.6) is 0 Å². The monoisotopic (exact) mass is 205 g/mol. The van der Waals surface area contributed by atoms with Gasteiger partial charge < -0.3 is 16.4 Å². The molecule has 4 heteroatoms. The molecule has 1 aliphatic heterocycles. The highest BCUT2D eigenvalue weighted by Crippen LogP contribution is 2.27. The van der Waals surface area contributed by atoms with Gasteiger partial charge in [-0.2, -0.15) is 0 Å². The number of amides is 1. The van der Waals surface area contributed by atoms with Crippen molar-refractivity contribution in [3.8, 4) is 0 Å². The standard InChI is InChI=1S/C11H15N3O/c12-5-2-6-14-7-8-3-1-4-9(13)10(8)11(14)15/h1,3-4H,2,5-7,12-13H2. The number of rotatable bonds is 3. The van der Waals surface area contributed by atoms with Crippen LogP contribution in [0.3, 0.4) is 0 Å². The van der Waals surface area contributed by atoms with Gasteiger partial charge in [0.25, 0.3) is 5.91 Å². The van der Waals surface area contributed by atoms with E-state index in [0.29, 0.717) is 30.9 Å². The van der Waals surface area contributed by atoms with Gasteiger partial charge in [0.05, 0.1) is 5.56 Å². The summed E-state index contributed by atoms with van der Waals surface area (Å²) in [7, 11) is 0. The van der Waals surface area contributed by atoms with E-state index in [-0.39, 0.29) is 5.91 Å².